The quantitative estimate of drug-likeness (QED) is 0.646. The maximum atomic E-state index is 11.9. The van der Waals surface area contributed by atoms with E-state index in [4.69, 9.17) is 0 Å². The average Bonchev–Trinajstić information content (AvgIpc) is 2.87. The van der Waals surface area contributed by atoms with Gasteiger partial charge in [0.05, 0.1) is 0 Å². The fourth-order valence-corrected chi connectivity index (χ4v) is 2.91. The zero-order valence-corrected chi connectivity index (χ0v) is 15.3. The van der Waals surface area contributed by atoms with Crippen LogP contribution >= 0.6 is 0 Å². The van der Waals surface area contributed by atoms with Gasteiger partial charge in [0.2, 0.25) is 5.91 Å². The Labute approximate surface area is 154 Å². The van der Waals surface area contributed by atoms with Crippen molar-refractivity contribution < 1.29 is 14.4 Å². The lowest BCUT2D eigenvalue weighted by atomic mass is 10.1. The van der Waals surface area contributed by atoms with E-state index in [1.165, 1.54) is 0 Å². The Balaban J connectivity index is 1.63. The highest BCUT2D eigenvalue weighted by Gasteiger charge is 2.15. The second-order valence-electron chi connectivity index (χ2n) is 6.43. The Kier molecular flexibility index (Phi) is 7.92. The van der Waals surface area contributed by atoms with Crippen molar-refractivity contribution in [3.63, 3.8) is 0 Å². The summed E-state index contributed by atoms with van der Waals surface area (Å²) in [6.45, 7) is 2.45. The molecule has 0 atom stereocenters. The minimum Gasteiger partial charge on any atom is -0.355 e. The van der Waals surface area contributed by atoms with Crippen LogP contribution < -0.4 is 16.0 Å². The molecule has 0 unspecified atom stereocenters. The summed E-state index contributed by atoms with van der Waals surface area (Å²) in [5.74, 6) is 0.0947. The van der Waals surface area contributed by atoms with Crippen LogP contribution in [0, 0.1) is 0 Å². The highest BCUT2D eigenvalue weighted by molar-refractivity contribution is 5.93. The van der Waals surface area contributed by atoms with Crippen LogP contribution in [0.25, 0.3) is 0 Å². The number of nitrogens with one attached hydrogen (secondary N) is 3. The first-order valence-electron chi connectivity index (χ1n) is 9.20. The molecule has 1 heterocycles. The Morgan fingerprint density at radius 3 is 2.58 bits per heavy atom. The van der Waals surface area contributed by atoms with Crippen molar-refractivity contribution in [2.45, 2.75) is 38.6 Å². The molecule has 7 heteroatoms. The Bertz CT molecular complexity index is 616. The molecule has 7 nitrogen and oxygen atoms in total. The summed E-state index contributed by atoms with van der Waals surface area (Å²) >= 11 is 0. The minimum atomic E-state index is -0.234. The molecule has 1 saturated heterocycles. The van der Waals surface area contributed by atoms with Gasteiger partial charge in [-0.2, -0.15) is 0 Å². The zero-order chi connectivity index (χ0) is 18.8. The number of carbonyl (C=O) groups excluding carboxylic acids is 3. The van der Waals surface area contributed by atoms with Crippen molar-refractivity contribution in [2.24, 2.45) is 0 Å². The third-order valence-electron chi connectivity index (χ3n) is 4.46. The van der Waals surface area contributed by atoms with Gasteiger partial charge in [-0.25, -0.2) is 4.79 Å². The third-order valence-corrected chi connectivity index (χ3v) is 4.46. The van der Waals surface area contributed by atoms with Gasteiger partial charge in [-0.15, -0.1) is 0 Å². The molecular formula is C19H28N4O3. The monoisotopic (exact) mass is 360 g/mol. The fraction of sp³-hybridized carbons (Fsp3) is 0.526. The summed E-state index contributed by atoms with van der Waals surface area (Å²) in [6.07, 6.45) is 4.57. The molecule has 0 radical (unpaired) electrons. The lowest BCUT2D eigenvalue weighted by molar-refractivity contribution is -0.130. The van der Waals surface area contributed by atoms with Gasteiger partial charge in [0.25, 0.3) is 5.91 Å². The van der Waals surface area contributed by atoms with Gasteiger partial charge in [0.1, 0.15) is 0 Å². The topological polar surface area (TPSA) is 90.5 Å². The van der Waals surface area contributed by atoms with E-state index in [0.29, 0.717) is 31.6 Å². The number of urea groups is 1. The van der Waals surface area contributed by atoms with E-state index in [1.807, 2.05) is 17.0 Å². The van der Waals surface area contributed by atoms with Crippen LogP contribution in [0.3, 0.4) is 0 Å². The van der Waals surface area contributed by atoms with Gasteiger partial charge in [0, 0.05) is 45.2 Å². The number of benzene rings is 1. The average molecular weight is 360 g/mol. The van der Waals surface area contributed by atoms with E-state index >= 15 is 0 Å². The van der Waals surface area contributed by atoms with Crippen LogP contribution in [0.15, 0.2) is 24.3 Å². The molecule has 1 fully saturated rings. The number of nitrogens with zero attached hydrogens (tertiary/aromatic N) is 1. The van der Waals surface area contributed by atoms with Crippen molar-refractivity contribution in [3.8, 4) is 0 Å². The Morgan fingerprint density at radius 2 is 1.85 bits per heavy atom. The highest BCUT2D eigenvalue weighted by atomic mass is 16.2. The van der Waals surface area contributed by atoms with E-state index < -0.39 is 0 Å². The van der Waals surface area contributed by atoms with Gasteiger partial charge in [-0.3, -0.25) is 9.59 Å². The van der Waals surface area contributed by atoms with Crippen LogP contribution in [0.2, 0.25) is 0 Å². The maximum absolute atomic E-state index is 11.9. The summed E-state index contributed by atoms with van der Waals surface area (Å²) in [6, 6.07) is 6.85. The molecule has 26 heavy (non-hydrogen) atoms. The molecule has 1 aliphatic heterocycles. The van der Waals surface area contributed by atoms with Crippen molar-refractivity contribution >= 4 is 17.8 Å². The molecule has 1 aromatic carbocycles. The number of hydrogen-bond acceptors (Lipinski definition) is 3. The van der Waals surface area contributed by atoms with Gasteiger partial charge >= 0.3 is 6.03 Å². The minimum absolute atomic E-state index is 0.134. The predicted octanol–water partition coefficient (Wildman–Crippen LogP) is 1.64. The van der Waals surface area contributed by atoms with Crippen molar-refractivity contribution in [3.05, 3.63) is 35.4 Å². The highest BCUT2D eigenvalue weighted by Crippen LogP contribution is 2.11. The van der Waals surface area contributed by atoms with Crippen molar-refractivity contribution in [2.75, 3.05) is 26.7 Å². The fourth-order valence-electron chi connectivity index (χ4n) is 2.91. The smallest absolute Gasteiger partial charge is 0.315 e. The summed E-state index contributed by atoms with van der Waals surface area (Å²) in [4.78, 5) is 37.1. The molecule has 1 aromatic rings. The molecule has 0 aliphatic carbocycles. The second kappa shape index (κ2) is 10.4. The van der Waals surface area contributed by atoms with E-state index in [9.17, 15) is 14.4 Å². The number of rotatable bonds is 7. The summed E-state index contributed by atoms with van der Waals surface area (Å²) in [5, 5.41) is 8.16. The molecule has 0 bridgehead atoms. The first-order chi connectivity index (χ1) is 12.6. The molecular weight excluding hydrogens is 332 g/mol. The molecule has 3 N–H and O–H groups in total. The lowest BCUT2D eigenvalue weighted by Crippen LogP contribution is -2.38. The SMILES string of the molecule is CNC(=O)c1ccc(CNC(=O)NCCCN2CCCCCC2=O)cc1. The second-order valence-corrected chi connectivity index (χ2v) is 6.43. The summed E-state index contributed by atoms with van der Waals surface area (Å²) in [7, 11) is 1.59. The molecule has 0 aromatic heterocycles. The Hall–Kier alpha value is -2.57. The van der Waals surface area contributed by atoms with Crippen molar-refractivity contribution in [1.82, 2.24) is 20.9 Å². The molecule has 4 amide bonds. The Morgan fingerprint density at radius 1 is 1.08 bits per heavy atom. The maximum Gasteiger partial charge on any atom is 0.315 e. The number of likely N-dealkylation sites (tertiary alicyclic amines) is 1. The standard InChI is InChI=1S/C19H28N4O3/c1-20-18(25)16-9-7-15(8-10-16)14-22-19(26)21-11-5-13-23-12-4-2-3-6-17(23)24/h7-10H,2-6,11-14H2,1H3,(H,20,25)(H2,21,22,26). The van der Waals surface area contributed by atoms with E-state index in [2.05, 4.69) is 16.0 Å². The van der Waals surface area contributed by atoms with E-state index in [1.54, 1.807) is 19.2 Å². The largest absolute Gasteiger partial charge is 0.355 e. The number of carbonyl (C=O) groups is 3. The molecule has 0 saturated carbocycles. The summed E-state index contributed by atoms with van der Waals surface area (Å²) < 4.78 is 0. The molecule has 1 aliphatic rings. The molecule has 2 rings (SSSR count). The molecule has 0 spiro atoms. The van der Waals surface area contributed by atoms with E-state index in [0.717, 1.165) is 37.8 Å². The lowest BCUT2D eigenvalue weighted by Gasteiger charge is -2.20. The van der Waals surface area contributed by atoms with Gasteiger partial charge in [0.15, 0.2) is 0 Å². The van der Waals surface area contributed by atoms with Crippen LogP contribution in [0.5, 0.6) is 0 Å². The third kappa shape index (κ3) is 6.38. The summed E-state index contributed by atoms with van der Waals surface area (Å²) in [5.41, 5.74) is 1.51. The van der Waals surface area contributed by atoms with Crippen LogP contribution in [0.1, 0.15) is 48.0 Å². The van der Waals surface area contributed by atoms with Gasteiger partial charge < -0.3 is 20.9 Å². The first-order valence-corrected chi connectivity index (χ1v) is 9.20. The number of amides is 4. The predicted molar refractivity (Wildman–Crippen MR) is 99.7 cm³/mol. The normalized spacial score (nSPS) is 14.5. The molecule has 142 valence electrons. The van der Waals surface area contributed by atoms with Crippen LogP contribution in [-0.4, -0.2) is 49.4 Å². The van der Waals surface area contributed by atoms with Crippen LogP contribution in [-0.2, 0) is 11.3 Å². The van der Waals surface area contributed by atoms with Gasteiger partial charge in [-0.1, -0.05) is 18.6 Å². The van der Waals surface area contributed by atoms with Crippen LogP contribution in [0.4, 0.5) is 4.79 Å². The first kappa shape index (κ1) is 19.8. The van der Waals surface area contributed by atoms with Gasteiger partial charge in [-0.05, 0) is 37.0 Å². The number of hydrogen-bond donors (Lipinski definition) is 3. The zero-order valence-electron chi connectivity index (χ0n) is 15.3. The van der Waals surface area contributed by atoms with Crippen molar-refractivity contribution in [1.29, 1.82) is 0 Å². The van der Waals surface area contributed by atoms with E-state index in [-0.39, 0.29) is 17.8 Å².